The first-order valence-electron chi connectivity index (χ1n) is 10.9. The summed E-state index contributed by atoms with van der Waals surface area (Å²) in [5.41, 5.74) is 5.21. The fourth-order valence-electron chi connectivity index (χ4n) is 3.95. The first-order valence-corrected chi connectivity index (χ1v) is 11.7. The van der Waals surface area contributed by atoms with Gasteiger partial charge in [0.2, 0.25) is 5.76 Å². The molecule has 1 saturated heterocycles. The Balaban J connectivity index is 1.57. The average Bonchev–Trinajstić information content (AvgIpc) is 3.47. The van der Waals surface area contributed by atoms with Crippen molar-refractivity contribution < 1.29 is 23.5 Å². The zero-order chi connectivity index (χ0) is 24.6. The predicted molar refractivity (Wildman–Crippen MR) is 131 cm³/mol. The Bertz CT molecular complexity index is 1300. The van der Waals surface area contributed by atoms with Crippen LogP contribution in [0.4, 0.5) is 4.79 Å². The minimum absolute atomic E-state index is 0.0221. The molecule has 3 aromatic rings. The summed E-state index contributed by atoms with van der Waals surface area (Å²) in [6.45, 7) is 8.28. The lowest BCUT2D eigenvalue weighted by molar-refractivity contribution is -0.123. The van der Waals surface area contributed by atoms with E-state index >= 15 is 0 Å². The number of imide groups is 1. The number of benzene rings is 1. The van der Waals surface area contributed by atoms with Crippen molar-refractivity contribution in [1.82, 2.24) is 9.47 Å². The molecule has 1 aliphatic heterocycles. The number of hydrogen-bond acceptors (Lipinski definition) is 6. The molecule has 0 spiro atoms. The molecule has 0 N–H and O–H groups in total. The molecule has 0 saturated carbocycles. The van der Waals surface area contributed by atoms with E-state index in [4.69, 9.17) is 4.42 Å². The molecule has 3 heterocycles. The third kappa shape index (κ3) is 4.46. The topological polar surface area (TPSA) is 81.8 Å². The van der Waals surface area contributed by atoms with Crippen LogP contribution < -0.4 is 0 Å². The molecule has 0 radical (unpaired) electrons. The highest BCUT2D eigenvalue weighted by Crippen LogP contribution is 2.35. The third-order valence-electron chi connectivity index (χ3n) is 5.81. The largest absolute Gasteiger partial charge is 0.463 e. The number of ether oxygens (including phenoxy) is 1. The molecule has 1 aliphatic rings. The summed E-state index contributed by atoms with van der Waals surface area (Å²) in [7, 11) is 1.25. The smallest absolute Gasteiger partial charge is 0.373 e. The van der Waals surface area contributed by atoms with E-state index in [-0.39, 0.29) is 17.5 Å². The van der Waals surface area contributed by atoms with Gasteiger partial charge < -0.3 is 13.7 Å². The van der Waals surface area contributed by atoms with Crippen molar-refractivity contribution >= 4 is 35.0 Å². The van der Waals surface area contributed by atoms with Crippen molar-refractivity contribution in [2.24, 2.45) is 0 Å². The molecule has 8 heteroatoms. The highest BCUT2D eigenvalue weighted by atomic mass is 32.2. The Kier molecular flexibility index (Phi) is 6.52. The molecular weight excluding hydrogens is 452 g/mol. The maximum atomic E-state index is 13.0. The highest BCUT2D eigenvalue weighted by Gasteiger charge is 2.36. The standard InChI is InChI=1S/C26H26N2O5S/c1-15(2)18-6-8-20(9-7-18)28-16(3)12-19(17(28)4)13-23-24(29)27(26(31)34-23)14-21-10-11-22(33-21)25(30)32-5/h6-13,15H,14H2,1-5H3. The van der Waals surface area contributed by atoms with Crippen LogP contribution in [0.15, 0.2) is 51.8 Å². The van der Waals surface area contributed by atoms with E-state index in [1.165, 1.54) is 18.7 Å². The van der Waals surface area contributed by atoms with Gasteiger partial charge in [-0.25, -0.2) is 4.79 Å². The first kappa shape index (κ1) is 23.6. The van der Waals surface area contributed by atoms with Crippen LogP contribution in [0, 0.1) is 13.8 Å². The van der Waals surface area contributed by atoms with Gasteiger partial charge in [-0.1, -0.05) is 26.0 Å². The lowest BCUT2D eigenvalue weighted by Crippen LogP contribution is -2.27. The van der Waals surface area contributed by atoms with Crippen molar-refractivity contribution in [3.63, 3.8) is 0 Å². The number of methoxy groups -OCH3 is 1. The molecule has 34 heavy (non-hydrogen) atoms. The Morgan fingerprint density at radius 3 is 2.47 bits per heavy atom. The van der Waals surface area contributed by atoms with Crippen molar-refractivity contribution in [2.75, 3.05) is 7.11 Å². The van der Waals surface area contributed by atoms with Crippen molar-refractivity contribution in [3.05, 3.63) is 81.4 Å². The maximum absolute atomic E-state index is 13.0. The number of carbonyl (C=O) groups is 3. The molecule has 176 valence electrons. The number of esters is 1. The van der Waals surface area contributed by atoms with Crippen LogP contribution in [-0.2, 0) is 16.1 Å². The van der Waals surface area contributed by atoms with Gasteiger partial charge in [-0.3, -0.25) is 14.5 Å². The van der Waals surface area contributed by atoms with Gasteiger partial charge in [-0.15, -0.1) is 0 Å². The van der Waals surface area contributed by atoms with E-state index in [1.807, 2.05) is 19.9 Å². The lowest BCUT2D eigenvalue weighted by Gasteiger charge is -2.12. The number of furan rings is 1. The van der Waals surface area contributed by atoms with Crippen LogP contribution in [0.25, 0.3) is 11.8 Å². The van der Waals surface area contributed by atoms with E-state index in [2.05, 4.69) is 47.4 Å². The number of nitrogens with zero attached hydrogens (tertiary/aromatic N) is 2. The summed E-state index contributed by atoms with van der Waals surface area (Å²) < 4.78 is 12.2. The van der Waals surface area contributed by atoms with Gasteiger partial charge in [-0.2, -0.15) is 0 Å². The molecule has 7 nitrogen and oxygen atoms in total. The average molecular weight is 479 g/mol. The Labute approximate surface area is 202 Å². The van der Waals surface area contributed by atoms with Crippen LogP contribution in [-0.4, -0.2) is 33.7 Å². The molecule has 2 amide bonds. The van der Waals surface area contributed by atoms with Gasteiger partial charge in [0.15, 0.2) is 0 Å². The summed E-state index contributed by atoms with van der Waals surface area (Å²) in [5, 5.41) is -0.384. The van der Waals surface area contributed by atoms with E-state index < -0.39 is 11.9 Å². The Morgan fingerprint density at radius 2 is 1.82 bits per heavy atom. The van der Waals surface area contributed by atoms with Crippen LogP contribution >= 0.6 is 11.8 Å². The molecule has 0 unspecified atom stereocenters. The number of aromatic nitrogens is 1. The van der Waals surface area contributed by atoms with Gasteiger partial charge in [0.25, 0.3) is 11.1 Å². The number of amides is 2. The number of rotatable bonds is 6. The van der Waals surface area contributed by atoms with Crippen LogP contribution in [0.3, 0.4) is 0 Å². The van der Waals surface area contributed by atoms with Gasteiger partial charge in [0.1, 0.15) is 5.76 Å². The van der Waals surface area contributed by atoms with E-state index in [9.17, 15) is 14.4 Å². The molecule has 0 bridgehead atoms. The normalized spacial score (nSPS) is 15.1. The number of carbonyl (C=O) groups excluding carboxylic acids is 3. The van der Waals surface area contributed by atoms with Crippen LogP contribution in [0.1, 0.15) is 58.6 Å². The maximum Gasteiger partial charge on any atom is 0.373 e. The molecule has 0 aliphatic carbocycles. The van der Waals surface area contributed by atoms with Crippen molar-refractivity contribution in [3.8, 4) is 5.69 Å². The quantitative estimate of drug-likeness (QED) is 0.327. The Morgan fingerprint density at radius 1 is 1.12 bits per heavy atom. The second-order valence-electron chi connectivity index (χ2n) is 8.43. The van der Waals surface area contributed by atoms with Gasteiger partial charge in [0.05, 0.1) is 18.6 Å². The molecule has 1 aromatic carbocycles. The fraction of sp³-hybridized carbons (Fsp3) is 0.269. The minimum atomic E-state index is -0.616. The highest BCUT2D eigenvalue weighted by molar-refractivity contribution is 8.18. The van der Waals surface area contributed by atoms with E-state index in [1.54, 1.807) is 12.1 Å². The molecule has 1 fully saturated rings. The zero-order valence-corrected chi connectivity index (χ0v) is 20.6. The molecule has 4 rings (SSSR count). The molecular formula is C26H26N2O5S. The number of thioether (sulfide) groups is 1. The second kappa shape index (κ2) is 9.38. The van der Waals surface area contributed by atoms with Crippen LogP contribution in [0.5, 0.6) is 0 Å². The predicted octanol–water partition coefficient (Wildman–Crippen LogP) is 5.83. The lowest BCUT2D eigenvalue weighted by atomic mass is 10.0. The molecule has 0 atom stereocenters. The van der Waals surface area contributed by atoms with Crippen LogP contribution in [0.2, 0.25) is 0 Å². The fourth-order valence-corrected chi connectivity index (χ4v) is 4.78. The SMILES string of the molecule is COC(=O)c1ccc(CN2C(=O)SC(=Cc3cc(C)n(-c4ccc(C(C)C)cc4)c3C)C2=O)o1. The minimum Gasteiger partial charge on any atom is -0.463 e. The summed E-state index contributed by atoms with van der Waals surface area (Å²) in [6, 6.07) is 13.5. The zero-order valence-electron chi connectivity index (χ0n) is 19.7. The summed E-state index contributed by atoms with van der Waals surface area (Å²) in [5.74, 6) is -0.201. The van der Waals surface area contributed by atoms with Crippen molar-refractivity contribution in [2.45, 2.75) is 40.2 Å². The number of hydrogen-bond donors (Lipinski definition) is 0. The molecule has 2 aromatic heterocycles. The van der Waals surface area contributed by atoms with E-state index in [0.29, 0.717) is 16.6 Å². The number of aryl methyl sites for hydroxylation is 1. The summed E-state index contributed by atoms with van der Waals surface area (Å²) in [4.78, 5) is 38.6. The second-order valence-corrected chi connectivity index (χ2v) is 9.43. The summed E-state index contributed by atoms with van der Waals surface area (Å²) >= 11 is 0.894. The summed E-state index contributed by atoms with van der Waals surface area (Å²) in [6.07, 6.45) is 1.76. The monoisotopic (exact) mass is 478 g/mol. The van der Waals surface area contributed by atoms with Gasteiger partial charge >= 0.3 is 5.97 Å². The first-order chi connectivity index (χ1) is 16.2. The third-order valence-corrected chi connectivity index (χ3v) is 6.72. The van der Waals surface area contributed by atoms with Crippen molar-refractivity contribution in [1.29, 1.82) is 0 Å². The van der Waals surface area contributed by atoms with Gasteiger partial charge in [-0.05, 0) is 79.1 Å². The van der Waals surface area contributed by atoms with Gasteiger partial charge in [0, 0.05) is 17.1 Å². The Hall–Kier alpha value is -3.52. The van der Waals surface area contributed by atoms with E-state index in [0.717, 1.165) is 39.3 Å².